The molecular weight excluding hydrogens is 212 g/mol. The number of hydrogen-bond acceptors (Lipinski definition) is 4. The van der Waals surface area contributed by atoms with E-state index in [1.54, 1.807) is 23.1 Å². The van der Waals surface area contributed by atoms with Crippen LogP contribution in [-0.4, -0.2) is 9.85 Å². The average Bonchev–Trinajstić information content (AvgIpc) is 2.42. The van der Waals surface area contributed by atoms with Gasteiger partial charge in [0.1, 0.15) is 0 Å². The molecule has 0 aliphatic rings. The fraction of sp³-hybridized carbons (Fsp3) is 0.300. The molecule has 0 spiro atoms. The highest BCUT2D eigenvalue weighted by Crippen LogP contribution is 2.34. The monoisotopic (exact) mass is 224 g/mol. The Morgan fingerprint density at radius 3 is 2.71 bits per heavy atom. The summed E-state index contributed by atoms with van der Waals surface area (Å²) in [6.45, 7) is 3.98. The lowest BCUT2D eigenvalue weighted by Gasteiger charge is -2.14. The molecule has 0 bridgehead atoms. The number of aromatic nitrogens is 1. The third kappa shape index (κ3) is 2.26. The van der Waals surface area contributed by atoms with Crippen molar-refractivity contribution in [3.63, 3.8) is 0 Å². The van der Waals surface area contributed by atoms with Crippen LogP contribution in [0.15, 0.2) is 28.6 Å². The van der Waals surface area contributed by atoms with Crippen molar-refractivity contribution < 1.29 is 0 Å². The van der Waals surface area contributed by atoms with E-state index in [1.165, 1.54) is 4.70 Å². The Labute approximate surface area is 91.5 Å². The van der Waals surface area contributed by atoms with Gasteiger partial charge in [-0.3, -0.25) is 0 Å². The highest BCUT2D eigenvalue weighted by atomic mass is 32.2. The Morgan fingerprint density at radius 2 is 2.07 bits per heavy atom. The van der Waals surface area contributed by atoms with Crippen molar-refractivity contribution in [3.8, 4) is 0 Å². The van der Waals surface area contributed by atoms with E-state index in [9.17, 15) is 0 Å². The maximum atomic E-state index is 5.92. The zero-order valence-corrected chi connectivity index (χ0v) is 9.78. The van der Waals surface area contributed by atoms with Crippen LogP contribution in [0.1, 0.15) is 13.8 Å². The van der Waals surface area contributed by atoms with Gasteiger partial charge < -0.3 is 5.73 Å². The Hall–Kier alpha value is -0.580. The minimum absolute atomic E-state index is 0.256. The molecule has 14 heavy (non-hydrogen) atoms. The van der Waals surface area contributed by atoms with E-state index >= 15 is 0 Å². The summed E-state index contributed by atoms with van der Waals surface area (Å²) in [6, 6.07) is 8.15. The number of hydrogen-bond donors (Lipinski definition) is 1. The Balaban J connectivity index is 2.36. The minimum Gasteiger partial charge on any atom is -0.317 e. The van der Waals surface area contributed by atoms with Crippen molar-refractivity contribution in [1.29, 1.82) is 0 Å². The van der Waals surface area contributed by atoms with E-state index < -0.39 is 0 Å². The molecule has 4 heteroatoms. The van der Waals surface area contributed by atoms with Gasteiger partial charge in [0.05, 0.1) is 15.1 Å². The smallest absolute Gasteiger partial charge is 0.152 e. The van der Waals surface area contributed by atoms with Gasteiger partial charge in [-0.25, -0.2) is 4.98 Å². The second-order valence-electron chi connectivity index (χ2n) is 3.65. The number of rotatable bonds is 2. The lowest BCUT2D eigenvalue weighted by Crippen LogP contribution is -2.26. The fourth-order valence-corrected chi connectivity index (χ4v) is 3.49. The Morgan fingerprint density at radius 1 is 1.36 bits per heavy atom. The van der Waals surface area contributed by atoms with E-state index in [2.05, 4.69) is 11.1 Å². The number of thioether (sulfide) groups is 1. The van der Waals surface area contributed by atoms with Crippen molar-refractivity contribution >= 4 is 33.3 Å². The van der Waals surface area contributed by atoms with Crippen LogP contribution in [0, 0.1) is 0 Å². The Bertz CT molecular complexity index is 410. The number of para-hydroxylation sites is 1. The van der Waals surface area contributed by atoms with Gasteiger partial charge >= 0.3 is 0 Å². The summed E-state index contributed by atoms with van der Waals surface area (Å²) in [5, 5.41) is 0. The van der Waals surface area contributed by atoms with Crippen LogP contribution in [0.25, 0.3) is 10.2 Å². The maximum Gasteiger partial charge on any atom is 0.152 e. The van der Waals surface area contributed by atoms with Gasteiger partial charge in [0, 0.05) is 0 Å². The zero-order chi connectivity index (χ0) is 10.2. The number of fused-ring (bicyclic) bond motifs is 1. The van der Waals surface area contributed by atoms with Gasteiger partial charge in [-0.15, -0.1) is 11.3 Å². The predicted octanol–water partition coefficient (Wildman–Crippen LogP) is 3.08. The molecule has 0 atom stereocenters. The normalized spacial score (nSPS) is 12.2. The molecule has 0 radical (unpaired) electrons. The van der Waals surface area contributed by atoms with Crippen LogP contribution < -0.4 is 5.73 Å². The lowest BCUT2D eigenvalue weighted by molar-refractivity contribution is 0.758. The summed E-state index contributed by atoms with van der Waals surface area (Å²) < 4.78 is 2.26. The molecule has 0 aliphatic heterocycles. The molecule has 1 aromatic heterocycles. The number of nitrogens with zero attached hydrogens (tertiary/aromatic N) is 1. The van der Waals surface area contributed by atoms with Gasteiger partial charge in [-0.1, -0.05) is 23.9 Å². The predicted molar refractivity (Wildman–Crippen MR) is 63.7 cm³/mol. The van der Waals surface area contributed by atoms with Crippen LogP contribution >= 0.6 is 23.1 Å². The fourth-order valence-electron chi connectivity index (χ4n) is 1.12. The molecule has 2 nitrogen and oxygen atoms in total. The molecule has 2 N–H and O–H groups in total. The third-order valence-electron chi connectivity index (χ3n) is 1.62. The topological polar surface area (TPSA) is 38.9 Å². The molecule has 0 saturated heterocycles. The van der Waals surface area contributed by atoms with Gasteiger partial charge in [-0.05, 0) is 26.0 Å². The van der Waals surface area contributed by atoms with E-state index in [-0.39, 0.29) is 4.87 Å². The quantitative estimate of drug-likeness (QED) is 0.629. The van der Waals surface area contributed by atoms with Crippen molar-refractivity contribution in [2.45, 2.75) is 23.1 Å². The summed E-state index contributed by atoms with van der Waals surface area (Å²) in [4.78, 5) is 4.24. The molecule has 2 aromatic rings. The van der Waals surface area contributed by atoms with Crippen LogP contribution in [0.4, 0.5) is 0 Å². The molecular formula is C10H12N2S2. The highest BCUT2D eigenvalue weighted by Gasteiger charge is 2.15. The summed E-state index contributed by atoms with van der Waals surface area (Å²) in [5.41, 5.74) is 6.98. The van der Waals surface area contributed by atoms with E-state index in [4.69, 9.17) is 5.73 Å². The molecule has 2 rings (SSSR count). The third-order valence-corrected chi connectivity index (χ3v) is 3.75. The molecule has 74 valence electrons. The minimum atomic E-state index is -0.256. The van der Waals surface area contributed by atoms with E-state index in [0.717, 1.165) is 9.86 Å². The SMILES string of the molecule is CC(C)(N)Sc1nc2ccccc2s1. The Kier molecular flexibility index (Phi) is 2.51. The molecule has 1 aromatic carbocycles. The van der Waals surface area contributed by atoms with Gasteiger partial charge in [0.15, 0.2) is 4.34 Å². The summed E-state index contributed by atoms with van der Waals surface area (Å²) in [5.74, 6) is 0. The highest BCUT2D eigenvalue weighted by molar-refractivity contribution is 8.02. The number of benzene rings is 1. The molecule has 0 unspecified atom stereocenters. The van der Waals surface area contributed by atoms with E-state index in [0.29, 0.717) is 0 Å². The van der Waals surface area contributed by atoms with Gasteiger partial charge in [-0.2, -0.15) is 0 Å². The van der Waals surface area contributed by atoms with Gasteiger partial charge in [0.25, 0.3) is 0 Å². The van der Waals surface area contributed by atoms with E-state index in [1.807, 2.05) is 32.0 Å². The first kappa shape index (κ1) is 9.96. The van der Waals surface area contributed by atoms with Crippen molar-refractivity contribution in [2.24, 2.45) is 5.73 Å². The summed E-state index contributed by atoms with van der Waals surface area (Å²) >= 11 is 3.31. The standard InChI is InChI=1S/C10H12N2S2/c1-10(2,11)14-9-12-7-5-3-4-6-8(7)13-9/h3-6H,11H2,1-2H3. The summed E-state index contributed by atoms with van der Waals surface area (Å²) in [7, 11) is 0. The molecule has 1 heterocycles. The second-order valence-corrected chi connectivity index (χ2v) is 6.59. The van der Waals surface area contributed by atoms with Crippen molar-refractivity contribution in [2.75, 3.05) is 0 Å². The number of nitrogens with two attached hydrogens (primary N) is 1. The van der Waals surface area contributed by atoms with Crippen LogP contribution in [0.5, 0.6) is 0 Å². The van der Waals surface area contributed by atoms with Crippen molar-refractivity contribution in [1.82, 2.24) is 4.98 Å². The first-order valence-corrected chi connectivity index (χ1v) is 6.01. The average molecular weight is 224 g/mol. The summed E-state index contributed by atoms with van der Waals surface area (Å²) in [6.07, 6.45) is 0. The maximum absolute atomic E-state index is 5.92. The van der Waals surface area contributed by atoms with Crippen LogP contribution in [0.3, 0.4) is 0 Å². The van der Waals surface area contributed by atoms with Crippen LogP contribution in [-0.2, 0) is 0 Å². The lowest BCUT2D eigenvalue weighted by atomic mass is 10.3. The van der Waals surface area contributed by atoms with Gasteiger partial charge in [0.2, 0.25) is 0 Å². The largest absolute Gasteiger partial charge is 0.317 e. The zero-order valence-electron chi connectivity index (χ0n) is 8.15. The number of thiazole rings is 1. The van der Waals surface area contributed by atoms with Crippen molar-refractivity contribution in [3.05, 3.63) is 24.3 Å². The molecule has 0 fully saturated rings. The second kappa shape index (κ2) is 3.53. The molecule has 0 saturated carbocycles. The van der Waals surface area contributed by atoms with Crippen LogP contribution in [0.2, 0.25) is 0 Å². The first-order valence-electron chi connectivity index (χ1n) is 4.38. The first-order chi connectivity index (χ1) is 6.54. The molecule has 0 amide bonds. The molecule has 0 aliphatic carbocycles.